The van der Waals surface area contributed by atoms with Gasteiger partial charge in [0.1, 0.15) is 0 Å². The molecular weight excluding hydrogens is 280 g/mol. The number of rotatable bonds is 12. The maximum absolute atomic E-state index is 11.1. The van der Waals surface area contributed by atoms with Gasteiger partial charge in [0.25, 0.3) is 0 Å². The summed E-state index contributed by atoms with van der Waals surface area (Å²) in [5.74, 6) is -2.23. The molecule has 1 aliphatic rings. The van der Waals surface area contributed by atoms with Gasteiger partial charge in [0.2, 0.25) is 5.79 Å². The summed E-state index contributed by atoms with van der Waals surface area (Å²) < 4.78 is 4.75. The minimum Gasteiger partial charge on any atom is -0.426 e. The highest BCUT2D eigenvalue weighted by atomic mass is 16.7. The third-order valence-electron chi connectivity index (χ3n) is 4.30. The van der Waals surface area contributed by atoms with Crippen LogP contribution >= 0.6 is 0 Å². The van der Waals surface area contributed by atoms with Gasteiger partial charge in [0, 0.05) is 18.6 Å². The molecule has 2 atom stereocenters. The minimum atomic E-state index is -1.64. The molecule has 2 unspecified atom stereocenters. The van der Waals surface area contributed by atoms with Crippen LogP contribution < -0.4 is 0 Å². The van der Waals surface area contributed by atoms with Gasteiger partial charge in [-0.1, -0.05) is 71.1 Å². The van der Waals surface area contributed by atoms with Crippen LogP contribution in [0.3, 0.4) is 0 Å². The first kappa shape index (κ1) is 19.2. The van der Waals surface area contributed by atoms with Crippen LogP contribution in [0.1, 0.15) is 84.5 Å². The summed E-state index contributed by atoms with van der Waals surface area (Å²) in [7, 11) is 0. The van der Waals surface area contributed by atoms with Gasteiger partial charge in [-0.05, 0) is 6.42 Å². The van der Waals surface area contributed by atoms with Crippen molar-refractivity contribution in [1.82, 2.24) is 0 Å². The molecule has 128 valence electrons. The molecule has 4 heteroatoms. The average molecular weight is 312 g/mol. The first-order valence-corrected chi connectivity index (χ1v) is 8.83. The molecule has 0 amide bonds. The quantitative estimate of drug-likeness (QED) is 0.424. The summed E-state index contributed by atoms with van der Waals surface area (Å²) in [6, 6.07) is 0. The second kappa shape index (κ2) is 10.0. The van der Waals surface area contributed by atoms with Crippen molar-refractivity contribution in [2.75, 3.05) is 0 Å². The Labute approximate surface area is 134 Å². The zero-order valence-electron chi connectivity index (χ0n) is 14.1. The molecule has 4 nitrogen and oxygen atoms in total. The zero-order chi connectivity index (χ0) is 16.4. The molecule has 0 aromatic heterocycles. The largest absolute Gasteiger partial charge is 0.426 e. The average Bonchev–Trinajstić information content (AvgIpc) is 2.73. The van der Waals surface area contributed by atoms with Crippen molar-refractivity contribution in [3.8, 4) is 0 Å². The second-order valence-electron chi connectivity index (χ2n) is 6.49. The van der Waals surface area contributed by atoms with E-state index in [1.165, 1.54) is 64.4 Å². The van der Waals surface area contributed by atoms with E-state index < -0.39 is 17.9 Å². The Morgan fingerprint density at radius 2 is 1.55 bits per heavy atom. The molecule has 1 heterocycles. The van der Waals surface area contributed by atoms with E-state index in [-0.39, 0.29) is 5.57 Å². The number of unbranched alkanes of at least 4 members (excludes halogenated alkanes) is 9. The molecular formula is C18H32O4. The summed E-state index contributed by atoms with van der Waals surface area (Å²) in [5, 5.41) is 20.0. The highest BCUT2D eigenvalue weighted by Crippen LogP contribution is 2.29. The Kier molecular flexibility index (Phi) is 8.72. The molecule has 0 radical (unpaired) electrons. The number of ether oxygens (including phenoxy) is 1. The van der Waals surface area contributed by atoms with Crippen LogP contribution in [0.5, 0.6) is 0 Å². The van der Waals surface area contributed by atoms with Gasteiger partial charge < -0.3 is 14.9 Å². The van der Waals surface area contributed by atoms with Crippen LogP contribution in [-0.4, -0.2) is 28.1 Å². The fourth-order valence-electron chi connectivity index (χ4n) is 2.93. The van der Waals surface area contributed by atoms with E-state index in [4.69, 9.17) is 4.74 Å². The fraction of sp³-hybridized carbons (Fsp3) is 0.833. The molecule has 0 spiro atoms. The van der Waals surface area contributed by atoms with Crippen molar-refractivity contribution in [2.45, 2.75) is 96.4 Å². The Bertz CT molecular complexity index is 360. The molecule has 1 aliphatic heterocycles. The van der Waals surface area contributed by atoms with Gasteiger partial charge in [0.05, 0.1) is 6.10 Å². The molecule has 1 rings (SSSR count). The number of aliphatic hydroxyl groups excluding tert-OH is 1. The topological polar surface area (TPSA) is 66.8 Å². The van der Waals surface area contributed by atoms with Crippen LogP contribution in [-0.2, 0) is 9.53 Å². The van der Waals surface area contributed by atoms with Crippen molar-refractivity contribution in [3.05, 3.63) is 11.6 Å². The lowest BCUT2D eigenvalue weighted by molar-refractivity contribution is -0.177. The SMILES string of the molecule is CCCCCCCCCCCCC(O)C1=CC(=O)OC1(C)O. The van der Waals surface area contributed by atoms with E-state index in [0.717, 1.165) is 12.8 Å². The number of hydrogen-bond acceptors (Lipinski definition) is 4. The maximum Gasteiger partial charge on any atom is 0.333 e. The first-order valence-electron chi connectivity index (χ1n) is 8.83. The number of aliphatic hydroxyl groups is 2. The van der Waals surface area contributed by atoms with Crippen LogP contribution in [0, 0.1) is 0 Å². The van der Waals surface area contributed by atoms with Crippen molar-refractivity contribution < 1.29 is 19.7 Å². The number of carbonyl (C=O) groups excluding carboxylic acids is 1. The van der Waals surface area contributed by atoms with E-state index >= 15 is 0 Å². The predicted molar refractivity (Wildman–Crippen MR) is 87.3 cm³/mol. The lowest BCUT2D eigenvalue weighted by Gasteiger charge is -2.23. The van der Waals surface area contributed by atoms with Gasteiger partial charge in [-0.2, -0.15) is 0 Å². The Hall–Kier alpha value is -0.870. The Morgan fingerprint density at radius 1 is 1.05 bits per heavy atom. The molecule has 0 aliphatic carbocycles. The van der Waals surface area contributed by atoms with E-state index in [1.54, 1.807) is 0 Å². The first-order chi connectivity index (χ1) is 10.5. The third-order valence-corrected chi connectivity index (χ3v) is 4.30. The molecule has 0 saturated heterocycles. The van der Waals surface area contributed by atoms with Gasteiger partial charge >= 0.3 is 5.97 Å². The fourth-order valence-corrected chi connectivity index (χ4v) is 2.93. The van der Waals surface area contributed by atoms with Crippen molar-refractivity contribution in [1.29, 1.82) is 0 Å². The lowest BCUT2D eigenvalue weighted by atomic mass is 9.97. The van der Waals surface area contributed by atoms with Gasteiger partial charge in [-0.15, -0.1) is 0 Å². The molecule has 0 aromatic carbocycles. The standard InChI is InChI=1S/C18H32O4/c1-3-4-5-6-7-8-9-10-11-12-13-16(19)15-14-17(20)22-18(15,2)21/h14,16,19,21H,3-13H2,1-2H3. The molecule has 22 heavy (non-hydrogen) atoms. The van der Waals surface area contributed by atoms with Crippen LogP contribution in [0.25, 0.3) is 0 Å². The highest BCUT2D eigenvalue weighted by Gasteiger charge is 2.39. The summed E-state index contributed by atoms with van der Waals surface area (Å²) in [6.07, 6.45) is 13.4. The number of carbonyl (C=O) groups is 1. The molecule has 0 fully saturated rings. The van der Waals surface area contributed by atoms with E-state index in [2.05, 4.69) is 6.92 Å². The van der Waals surface area contributed by atoms with Crippen molar-refractivity contribution in [2.24, 2.45) is 0 Å². The number of cyclic esters (lactones) is 1. The number of esters is 1. The smallest absolute Gasteiger partial charge is 0.333 e. The van der Waals surface area contributed by atoms with Crippen molar-refractivity contribution >= 4 is 5.97 Å². The van der Waals surface area contributed by atoms with Gasteiger partial charge in [-0.3, -0.25) is 0 Å². The van der Waals surface area contributed by atoms with E-state index in [1.807, 2.05) is 0 Å². The summed E-state index contributed by atoms with van der Waals surface area (Å²) >= 11 is 0. The Morgan fingerprint density at radius 3 is 2.00 bits per heavy atom. The van der Waals surface area contributed by atoms with Gasteiger partial charge in [0.15, 0.2) is 0 Å². The third kappa shape index (κ3) is 6.93. The van der Waals surface area contributed by atoms with Crippen LogP contribution in [0.2, 0.25) is 0 Å². The van der Waals surface area contributed by atoms with Crippen LogP contribution in [0.15, 0.2) is 11.6 Å². The maximum atomic E-state index is 11.1. The summed E-state index contributed by atoms with van der Waals surface area (Å²) in [4.78, 5) is 11.1. The zero-order valence-corrected chi connectivity index (χ0v) is 14.1. The summed E-state index contributed by atoms with van der Waals surface area (Å²) in [6.45, 7) is 3.63. The monoisotopic (exact) mass is 312 g/mol. The van der Waals surface area contributed by atoms with Gasteiger partial charge in [-0.25, -0.2) is 4.79 Å². The molecule has 0 bridgehead atoms. The second-order valence-corrected chi connectivity index (χ2v) is 6.49. The molecule has 2 N–H and O–H groups in total. The van der Waals surface area contributed by atoms with E-state index in [9.17, 15) is 15.0 Å². The molecule has 0 saturated carbocycles. The lowest BCUT2D eigenvalue weighted by Crippen LogP contribution is -2.32. The minimum absolute atomic E-state index is 0.286. The predicted octanol–water partition coefficient (Wildman–Crippen LogP) is 3.85. The molecule has 0 aromatic rings. The highest BCUT2D eigenvalue weighted by molar-refractivity contribution is 5.86. The van der Waals surface area contributed by atoms with Crippen LogP contribution in [0.4, 0.5) is 0 Å². The van der Waals surface area contributed by atoms with Crippen molar-refractivity contribution in [3.63, 3.8) is 0 Å². The van der Waals surface area contributed by atoms with E-state index in [0.29, 0.717) is 6.42 Å². The normalized spacial score (nSPS) is 22.5. The Balaban J connectivity index is 2.03. The summed E-state index contributed by atoms with van der Waals surface area (Å²) in [5.41, 5.74) is 0.286. The number of hydrogen-bond donors (Lipinski definition) is 2.